The summed E-state index contributed by atoms with van der Waals surface area (Å²) in [5.74, 6) is -1.88. The number of alkyl halides is 2. The summed E-state index contributed by atoms with van der Waals surface area (Å²) in [6.45, 7) is 1.36. The van der Waals surface area contributed by atoms with E-state index in [4.69, 9.17) is 10.8 Å². The second-order valence-corrected chi connectivity index (χ2v) is 2.72. The van der Waals surface area contributed by atoms with Crippen molar-refractivity contribution in [3.8, 4) is 0 Å². The quantitative estimate of drug-likeness (QED) is 0.763. The van der Waals surface area contributed by atoms with Gasteiger partial charge in [-0.05, 0) is 12.5 Å². The van der Waals surface area contributed by atoms with Gasteiger partial charge in [0.05, 0.1) is 0 Å². The lowest BCUT2D eigenvalue weighted by Crippen LogP contribution is -2.10. The van der Waals surface area contributed by atoms with E-state index in [2.05, 4.69) is 4.98 Å². The smallest absolute Gasteiger partial charge is 0.339 e. The highest BCUT2D eigenvalue weighted by Gasteiger charge is 2.23. The summed E-state index contributed by atoms with van der Waals surface area (Å²) in [7, 11) is 0. The summed E-state index contributed by atoms with van der Waals surface area (Å²) in [4.78, 5) is 14.2. The average Bonchev–Trinajstić information content (AvgIpc) is 2.07. The third-order valence-corrected chi connectivity index (χ3v) is 1.78. The minimum absolute atomic E-state index is 0.117. The summed E-state index contributed by atoms with van der Waals surface area (Å²) in [6.07, 6.45) is -1.74. The molecule has 14 heavy (non-hydrogen) atoms. The van der Waals surface area contributed by atoms with Crippen molar-refractivity contribution in [2.24, 2.45) is 0 Å². The number of hydrogen-bond acceptors (Lipinski definition) is 3. The SMILES string of the molecule is Cc1cnc(N)c(C(=O)O)c1C(F)F. The minimum Gasteiger partial charge on any atom is -0.478 e. The molecule has 0 bridgehead atoms. The minimum atomic E-state index is -2.87. The van der Waals surface area contributed by atoms with Crippen LogP contribution in [-0.4, -0.2) is 16.1 Å². The van der Waals surface area contributed by atoms with E-state index in [-0.39, 0.29) is 5.56 Å². The molecule has 0 saturated heterocycles. The number of nitrogens with zero attached hydrogens (tertiary/aromatic N) is 1. The van der Waals surface area contributed by atoms with E-state index in [1.165, 1.54) is 6.92 Å². The van der Waals surface area contributed by atoms with Gasteiger partial charge in [-0.2, -0.15) is 0 Å². The summed E-state index contributed by atoms with van der Waals surface area (Å²) in [5, 5.41) is 8.67. The maximum atomic E-state index is 12.5. The van der Waals surface area contributed by atoms with Crippen LogP contribution in [0.3, 0.4) is 0 Å². The van der Waals surface area contributed by atoms with Crippen LogP contribution < -0.4 is 5.73 Å². The van der Waals surface area contributed by atoms with Crippen molar-refractivity contribution in [3.63, 3.8) is 0 Å². The molecule has 1 aromatic heterocycles. The molecule has 0 amide bonds. The number of aromatic carboxylic acids is 1. The molecule has 1 rings (SSSR count). The summed E-state index contributed by atoms with van der Waals surface area (Å²) in [5.41, 5.74) is 4.15. The highest BCUT2D eigenvalue weighted by molar-refractivity contribution is 5.94. The van der Waals surface area contributed by atoms with Gasteiger partial charge in [0.25, 0.3) is 6.43 Å². The molecule has 0 aliphatic carbocycles. The first-order valence-corrected chi connectivity index (χ1v) is 3.71. The van der Waals surface area contributed by atoms with Crippen LogP contribution in [0.1, 0.15) is 27.9 Å². The third-order valence-electron chi connectivity index (χ3n) is 1.78. The van der Waals surface area contributed by atoms with E-state index in [0.29, 0.717) is 0 Å². The standard InChI is InChI=1S/C8H8F2N2O2/c1-3-2-12-7(11)5(8(13)14)4(3)6(9)10/h2,6H,1H3,(H2,11,12)(H,13,14). The fourth-order valence-electron chi connectivity index (χ4n) is 1.14. The Bertz CT molecular complexity index is 380. The average molecular weight is 202 g/mol. The van der Waals surface area contributed by atoms with E-state index in [1.54, 1.807) is 0 Å². The maximum Gasteiger partial charge on any atom is 0.339 e. The molecule has 0 aromatic carbocycles. The molecule has 0 saturated carbocycles. The number of carbonyl (C=O) groups is 1. The zero-order valence-electron chi connectivity index (χ0n) is 7.29. The Balaban J connectivity index is 3.50. The molecule has 0 aliphatic heterocycles. The van der Waals surface area contributed by atoms with Crippen LogP contribution in [0.15, 0.2) is 6.20 Å². The molecular formula is C8H8F2N2O2. The second-order valence-electron chi connectivity index (χ2n) is 2.72. The number of pyridine rings is 1. The van der Waals surface area contributed by atoms with Crippen molar-refractivity contribution in [1.82, 2.24) is 4.98 Å². The monoisotopic (exact) mass is 202 g/mol. The highest BCUT2D eigenvalue weighted by atomic mass is 19.3. The first kappa shape index (κ1) is 10.4. The molecule has 1 heterocycles. The number of carboxylic acids is 1. The lowest BCUT2D eigenvalue weighted by atomic mass is 10.1. The van der Waals surface area contributed by atoms with Crippen LogP contribution in [0.5, 0.6) is 0 Å². The van der Waals surface area contributed by atoms with Gasteiger partial charge in [-0.3, -0.25) is 0 Å². The van der Waals surface area contributed by atoms with E-state index in [0.717, 1.165) is 6.20 Å². The van der Waals surface area contributed by atoms with Gasteiger partial charge in [-0.1, -0.05) is 0 Å². The fraction of sp³-hybridized carbons (Fsp3) is 0.250. The number of rotatable bonds is 2. The molecule has 0 fully saturated rings. The van der Waals surface area contributed by atoms with Gasteiger partial charge in [0.15, 0.2) is 0 Å². The van der Waals surface area contributed by atoms with Crippen molar-refractivity contribution in [2.75, 3.05) is 5.73 Å². The van der Waals surface area contributed by atoms with Crippen LogP contribution in [-0.2, 0) is 0 Å². The Morgan fingerprint density at radius 2 is 2.21 bits per heavy atom. The molecule has 3 N–H and O–H groups in total. The van der Waals surface area contributed by atoms with Crippen molar-refractivity contribution in [1.29, 1.82) is 0 Å². The number of halogens is 2. The highest BCUT2D eigenvalue weighted by Crippen LogP contribution is 2.28. The molecule has 1 aromatic rings. The lowest BCUT2D eigenvalue weighted by Gasteiger charge is -2.09. The van der Waals surface area contributed by atoms with Gasteiger partial charge in [0.1, 0.15) is 11.4 Å². The predicted octanol–water partition coefficient (Wildman–Crippen LogP) is 1.61. The van der Waals surface area contributed by atoms with E-state index >= 15 is 0 Å². The summed E-state index contributed by atoms with van der Waals surface area (Å²) in [6, 6.07) is 0. The lowest BCUT2D eigenvalue weighted by molar-refractivity contribution is 0.0685. The number of carboxylic acid groups (broad SMARTS) is 1. The van der Waals surface area contributed by atoms with Crippen molar-refractivity contribution in [3.05, 3.63) is 22.9 Å². The maximum absolute atomic E-state index is 12.5. The van der Waals surface area contributed by atoms with Gasteiger partial charge in [0.2, 0.25) is 0 Å². The normalized spacial score (nSPS) is 10.6. The molecule has 0 atom stereocenters. The Morgan fingerprint density at radius 3 is 2.57 bits per heavy atom. The van der Waals surface area contributed by atoms with Gasteiger partial charge < -0.3 is 10.8 Å². The fourth-order valence-corrected chi connectivity index (χ4v) is 1.14. The largest absolute Gasteiger partial charge is 0.478 e. The number of aromatic nitrogens is 1. The first-order chi connectivity index (χ1) is 6.45. The van der Waals surface area contributed by atoms with Crippen LogP contribution in [0.25, 0.3) is 0 Å². The van der Waals surface area contributed by atoms with Crippen molar-refractivity contribution in [2.45, 2.75) is 13.3 Å². The van der Waals surface area contributed by atoms with E-state index in [1.807, 2.05) is 0 Å². The third kappa shape index (κ3) is 1.63. The summed E-state index contributed by atoms with van der Waals surface area (Å²) < 4.78 is 25.0. The predicted molar refractivity (Wildman–Crippen MR) is 45.3 cm³/mol. The molecule has 76 valence electrons. The zero-order chi connectivity index (χ0) is 10.9. The van der Waals surface area contributed by atoms with Gasteiger partial charge >= 0.3 is 5.97 Å². The Hall–Kier alpha value is -1.72. The van der Waals surface area contributed by atoms with Crippen LogP contribution >= 0.6 is 0 Å². The van der Waals surface area contributed by atoms with Gasteiger partial charge in [-0.25, -0.2) is 18.6 Å². The first-order valence-electron chi connectivity index (χ1n) is 3.71. The van der Waals surface area contributed by atoms with E-state index in [9.17, 15) is 13.6 Å². The molecule has 0 unspecified atom stereocenters. The van der Waals surface area contributed by atoms with Crippen molar-refractivity contribution < 1.29 is 18.7 Å². The number of hydrogen-bond donors (Lipinski definition) is 2. The van der Waals surface area contributed by atoms with Gasteiger partial charge in [-0.15, -0.1) is 0 Å². The van der Waals surface area contributed by atoms with Crippen LogP contribution in [0.2, 0.25) is 0 Å². The Morgan fingerprint density at radius 1 is 1.64 bits per heavy atom. The topological polar surface area (TPSA) is 76.2 Å². The van der Waals surface area contributed by atoms with Crippen molar-refractivity contribution >= 4 is 11.8 Å². The zero-order valence-corrected chi connectivity index (χ0v) is 7.29. The van der Waals surface area contributed by atoms with Crippen LogP contribution in [0.4, 0.5) is 14.6 Å². The number of aryl methyl sites for hydroxylation is 1. The summed E-state index contributed by atoms with van der Waals surface area (Å²) >= 11 is 0. The Kier molecular flexibility index (Phi) is 2.64. The van der Waals surface area contributed by atoms with E-state index < -0.39 is 29.3 Å². The molecule has 0 aliphatic rings. The second kappa shape index (κ2) is 3.57. The molecule has 6 heteroatoms. The molecule has 0 spiro atoms. The number of anilines is 1. The Labute approximate surface area is 78.4 Å². The number of nitrogens with two attached hydrogens (primary N) is 1. The molecule has 4 nitrogen and oxygen atoms in total. The molecule has 0 radical (unpaired) electrons. The molecular weight excluding hydrogens is 194 g/mol. The number of nitrogen functional groups attached to an aromatic ring is 1. The van der Waals surface area contributed by atoms with Crippen LogP contribution in [0, 0.1) is 6.92 Å². The van der Waals surface area contributed by atoms with Gasteiger partial charge in [0, 0.05) is 11.8 Å².